The van der Waals surface area contributed by atoms with E-state index in [0.717, 1.165) is 22.9 Å². The first-order valence-electron chi connectivity index (χ1n) is 7.45. The molecule has 1 saturated heterocycles. The summed E-state index contributed by atoms with van der Waals surface area (Å²) in [5.74, 6) is -0.307. The molecule has 0 saturated carbocycles. The Kier molecular flexibility index (Phi) is 5.63. The maximum atomic E-state index is 12.4. The first-order valence-corrected chi connectivity index (χ1v) is 9.03. The molecule has 1 aliphatic rings. The summed E-state index contributed by atoms with van der Waals surface area (Å²) in [6.07, 6.45) is 5.15. The molecule has 3 rings (SSSR count). The number of imide groups is 1. The molecule has 0 aromatic heterocycles. The van der Waals surface area contributed by atoms with Gasteiger partial charge in [0.15, 0.2) is 0 Å². The van der Waals surface area contributed by atoms with Gasteiger partial charge in [-0.25, -0.2) is 0 Å². The Bertz CT molecular complexity index is 892. The van der Waals surface area contributed by atoms with Crippen molar-refractivity contribution in [2.45, 2.75) is 6.54 Å². The van der Waals surface area contributed by atoms with Crippen LogP contribution in [-0.2, 0) is 11.3 Å². The van der Waals surface area contributed by atoms with Crippen LogP contribution in [0.25, 0.3) is 6.08 Å². The van der Waals surface area contributed by atoms with Crippen LogP contribution < -0.4 is 0 Å². The highest BCUT2D eigenvalue weighted by Gasteiger charge is 2.34. The highest BCUT2D eigenvalue weighted by molar-refractivity contribution is 8.18. The smallest absolute Gasteiger partial charge is 0.268 e. The van der Waals surface area contributed by atoms with Crippen molar-refractivity contribution in [3.8, 4) is 0 Å². The second-order valence-corrected chi connectivity index (χ2v) is 7.14. The van der Waals surface area contributed by atoms with E-state index >= 15 is 0 Å². The van der Waals surface area contributed by atoms with Gasteiger partial charge in [0.1, 0.15) is 0 Å². The lowest BCUT2D eigenvalue weighted by molar-refractivity contribution is -0.123. The number of hydrogen-bond acceptors (Lipinski definition) is 3. The molecule has 0 aliphatic carbocycles. The Hall–Kier alpha value is -2.01. The number of benzene rings is 2. The fraction of sp³-hybridized carbons (Fsp3) is 0.0526. The Balaban J connectivity index is 1.73. The third kappa shape index (κ3) is 4.34. The topological polar surface area (TPSA) is 37.4 Å². The van der Waals surface area contributed by atoms with Crippen LogP contribution in [0.2, 0.25) is 10.0 Å². The molecule has 0 N–H and O–H groups in total. The molecule has 0 radical (unpaired) electrons. The number of hydrogen-bond donors (Lipinski definition) is 0. The summed E-state index contributed by atoms with van der Waals surface area (Å²) in [7, 11) is 0. The second kappa shape index (κ2) is 7.91. The van der Waals surface area contributed by atoms with Crippen molar-refractivity contribution in [3.63, 3.8) is 0 Å². The summed E-state index contributed by atoms with van der Waals surface area (Å²) in [4.78, 5) is 26.2. The molecular weight excluding hydrogens is 377 g/mol. The zero-order chi connectivity index (χ0) is 17.8. The van der Waals surface area contributed by atoms with E-state index in [2.05, 4.69) is 0 Å². The summed E-state index contributed by atoms with van der Waals surface area (Å²) in [6, 6.07) is 14.5. The van der Waals surface area contributed by atoms with Gasteiger partial charge in [-0.15, -0.1) is 0 Å². The van der Waals surface area contributed by atoms with Crippen molar-refractivity contribution < 1.29 is 9.59 Å². The van der Waals surface area contributed by atoms with Gasteiger partial charge in [0, 0.05) is 10.0 Å². The Labute approximate surface area is 159 Å². The summed E-state index contributed by atoms with van der Waals surface area (Å²) in [5.41, 5.74) is 1.65. The fourth-order valence-corrected chi connectivity index (χ4v) is 3.52. The van der Waals surface area contributed by atoms with Crippen molar-refractivity contribution in [1.82, 2.24) is 4.90 Å². The van der Waals surface area contributed by atoms with Crippen LogP contribution >= 0.6 is 35.0 Å². The first-order chi connectivity index (χ1) is 12.0. The van der Waals surface area contributed by atoms with Gasteiger partial charge in [0.25, 0.3) is 11.1 Å². The number of thioether (sulfide) groups is 1. The molecule has 126 valence electrons. The Morgan fingerprint density at radius 2 is 1.84 bits per heavy atom. The number of amides is 2. The molecule has 0 atom stereocenters. The van der Waals surface area contributed by atoms with Gasteiger partial charge in [-0.3, -0.25) is 14.5 Å². The highest BCUT2D eigenvalue weighted by Crippen LogP contribution is 2.32. The number of nitrogens with zero attached hydrogens (tertiary/aromatic N) is 1. The average molecular weight is 390 g/mol. The summed E-state index contributed by atoms with van der Waals surface area (Å²) in [5, 5.41) is 0.909. The standard InChI is InChI=1S/C19H13Cl2NO2S/c20-15-8-3-5-13(11-15)12-22-18(23)17(25-19(22)24)10-4-7-14-6-1-2-9-16(14)21/h1-11H,12H2/b7-4+,17-10-. The normalized spacial score (nSPS) is 16.4. The van der Waals surface area contributed by atoms with E-state index in [1.807, 2.05) is 24.3 Å². The Morgan fingerprint density at radius 1 is 1.04 bits per heavy atom. The molecule has 25 heavy (non-hydrogen) atoms. The van der Waals surface area contributed by atoms with Crippen LogP contribution in [0.15, 0.2) is 65.6 Å². The zero-order valence-electron chi connectivity index (χ0n) is 13.0. The molecular formula is C19H13Cl2NO2S. The van der Waals surface area contributed by atoms with Gasteiger partial charge in [-0.05, 0) is 47.2 Å². The minimum atomic E-state index is -0.307. The van der Waals surface area contributed by atoms with Gasteiger partial charge >= 0.3 is 0 Å². The first kappa shape index (κ1) is 17.8. The number of carbonyl (C=O) groups excluding carboxylic acids is 2. The maximum absolute atomic E-state index is 12.4. The molecule has 2 aromatic rings. The van der Waals surface area contributed by atoms with Crippen LogP contribution in [0.5, 0.6) is 0 Å². The van der Waals surface area contributed by atoms with Crippen molar-refractivity contribution >= 4 is 52.2 Å². The fourth-order valence-electron chi connectivity index (χ4n) is 2.32. The molecule has 2 aromatic carbocycles. The molecule has 1 aliphatic heterocycles. The van der Waals surface area contributed by atoms with Crippen LogP contribution in [0.1, 0.15) is 11.1 Å². The predicted octanol–water partition coefficient (Wildman–Crippen LogP) is 5.79. The second-order valence-electron chi connectivity index (χ2n) is 5.30. The predicted molar refractivity (Wildman–Crippen MR) is 104 cm³/mol. The SMILES string of the molecule is O=C1S/C(=C\C=C\c2ccccc2Cl)C(=O)N1Cc1cccc(Cl)c1. The van der Waals surface area contributed by atoms with Crippen LogP contribution in [-0.4, -0.2) is 16.0 Å². The van der Waals surface area contributed by atoms with Gasteiger partial charge in [-0.1, -0.05) is 65.7 Å². The largest absolute Gasteiger partial charge is 0.293 e. The molecule has 0 spiro atoms. The van der Waals surface area contributed by atoms with Gasteiger partial charge < -0.3 is 0 Å². The van der Waals surface area contributed by atoms with E-state index < -0.39 is 0 Å². The molecule has 0 bridgehead atoms. The number of allylic oxidation sites excluding steroid dienone is 2. The van der Waals surface area contributed by atoms with Crippen molar-refractivity contribution in [1.29, 1.82) is 0 Å². The monoisotopic (exact) mass is 389 g/mol. The van der Waals surface area contributed by atoms with E-state index in [1.165, 1.54) is 4.90 Å². The van der Waals surface area contributed by atoms with E-state index in [-0.39, 0.29) is 17.7 Å². The van der Waals surface area contributed by atoms with E-state index in [1.54, 1.807) is 42.5 Å². The third-order valence-electron chi connectivity index (χ3n) is 3.53. The highest BCUT2D eigenvalue weighted by atomic mass is 35.5. The number of rotatable bonds is 4. The lowest BCUT2D eigenvalue weighted by atomic mass is 10.2. The summed E-state index contributed by atoms with van der Waals surface area (Å²) in [6.45, 7) is 0.205. The molecule has 1 heterocycles. The zero-order valence-corrected chi connectivity index (χ0v) is 15.3. The van der Waals surface area contributed by atoms with Gasteiger partial charge in [-0.2, -0.15) is 0 Å². The van der Waals surface area contributed by atoms with E-state index in [9.17, 15) is 9.59 Å². The van der Waals surface area contributed by atoms with Gasteiger partial charge in [0.05, 0.1) is 11.4 Å². The molecule has 2 amide bonds. The quantitative estimate of drug-likeness (QED) is 0.621. The van der Waals surface area contributed by atoms with E-state index in [0.29, 0.717) is 15.0 Å². The van der Waals surface area contributed by atoms with Crippen LogP contribution in [0.3, 0.4) is 0 Å². The van der Waals surface area contributed by atoms with E-state index in [4.69, 9.17) is 23.2 Å². The van der Waals surface area contributed by atoms with Crippen LogP contribution in [0.4, 0.5) is 4.79 Å². The molecule has 3 nitrogen and oxygen atoms in total. The van der Waals surface area contributed by atoms with Crippen LogP contribution in [0, 0.1) is 0 Å². The van der Waals surface area contributed by atoms with Gasteiger partial charge in [0.2, 0.25) is 0 Å². The minimum absolute atomic E-state index is 0.205. The molecule has 0 unspecified atom stereocenters. The number of halogens is 2. The van der Waals surface area contributed by atoms with Crippen molar-refractivity contribution in [3.05, 3.63) is 86.8 Å². The van der Waals surface area contributed by atoms with Crippen molar-refractivity contribution in [2.75, 3.05) is 0 Å². The van der Waals surface area contributed by atoms with Crippen molar-refractivity contribution in [2.24, 2.45) is 0 Å². The summed E-state index contributed by atoms with van der Waals surface area (Å²) >= 11 is 13.0. The maximum Gasteiger partial charge on any atom is 0.293 e. The lowest BCUT2D eigenvalue weighted by Crippen LogP contribution is -2.27. The Morgan fingerprint density at radius 3 is 2.60 bits per heavy atom. The lowest BCUT2D eigenvalue weighted by Gasteiger charge is -2.12. The third-order valence-corrected chi connectivity index (χ3v) is 5.04. The number of carbonyl (C=O) groups is 2. The summed E-state index contributed by atoms with van der Waals surface area (Å²) < 4.78 is 0. The average Bonchev–Trinajstić information content (AvgIpc) is 2.84. The molecule has 6 heteroatoms. The minimum Gasteiger partial charge on any atom is -0.268 e. The molecule has 1 fully saturated rings.